The highest BCUT2D eigenvalue weighted by atomic mass is 31.0. The number of ether oxygens (including phenoxy) is 1. The second-order valence-electron chi connectivity index (χ2n) is 8.81. The Balaban J connectivity index is 1.57. The molecule has 1 spiro atoms. The molecule has 5 atom stereocenters. The van der Waals surface area contributed by atoms with Crippen LogP contribution in [-0.2, 0) is 16.6 Å². The molecule has 6 heteroatoms. The summed E-state index contributed by atoms with van der Waals surface area (Å²) in [7, 11) is 2.27. The van der Waals surface area contributed by atoms with E-state index in [4.69, 9.17) is 9.26 Å². The normalized spacial score (nSPS) is 40.2. The van der Waals surface area contributed by atoms with E-state index in [-0.39, 0.29) is 11.8 Å². The fraction of sp³-hybridized carbons (Fsp3) is 0.650. The Bertz CT molecular complexity index is 824. The van der Waals surface area contributed by atoms with Gasteiger partial charge in [-0.2, -0.15) is 0 Å². The molecule has 5 aliphatic rings. The summed E-state index contributed by atoms with van der Waals surface area (Å²) in [6.07, 6.45) is 4.61. The first-order valence-corrected chi connectivity index (χ1v) is 10.2. The van der Waals surface area contributed by atoms with Crippen molar-refractivity contribution in [3.05, 3.63) is 23.3 Å². The fourth-order valence-corrected chi connectivity index (χ4v) is 6.53. The Labute approximate surface area is 155 Å². The second-order valence-corrected chi connectivity index (χ2v) is 9.05. The molecule has 1 aromatic rings. The highest BCUT2D eigenvalue weighted by Crippen LogP contribution is 2.65. The number of carbonyl (C=O) groups excluding carboxylic acids is 1. The number of ketones is 1. The molecule has 26 heavy (non-hydrogen) atoms. The summed E-state index contributed by atoms with van der Waals surface area (Å²) < 4.78 is 11.7. The monoisotopic (exact) mass is 373 g/mol. The highest BCUT2D eigenvalue weighted by molar-refractivity contribution is 7.10. The van der Waals surface area contributed by atoms with Crippen LogP contribution in [0.5, 0.6) is 11.5 Å². The van der Waals surface area contributed by atoms with Gasteiger partial charge < -0.3 is 14.4 Å². The minimum atomic E-state index is -0.892. The van der Waals surface area contributed by atoms with Gasteiger partial charge in [0, 0.05) is 24.6 Å². The number of nitrogens with zero attached hydrogens (tertiary/aromatic N) is 1. The van der Waals surface area contributed by atoms with Crippen LogP contribution in [0.3, 0.4) is 0 Å². The van der Waals surface area contributed by atoms with Crippen molar-refractivity contribution in [1.82, 2.24) is 4.90 Å². The van der Waals surface area contributed by atoms with E-state index in [1.165, 1.54) is 18.4 Å². The van der Waals surface area contributed by atoms with Gasteiger partial charge in [0.2, 0.25) is 0 Å². The Morgan fingerprint density at radius 1 is 1.35 bits per heavy atom. The Hall–Kier alpha value is -1.16. The van der Waals surface area contributed by atoms with Gasteiger partial charge in [-0.15, -0.1) is 0 Å². The van der Waals surface area contributed by atoms with E-state index in [0.717, 1.165) is 37.4 Å². The summed E-state index contributed by atoms with van der Waals surface area (Å²) in [6, 6.07) is 4.13. The molecule has 1 unspecified atom stereocenters. The molecule has 0 aromatic heterocycles. The molecule has 1 aromatic carbocycles. The Morgan fingerprint density at radius 2 is 2.19 bits per heavy atom. The molecule has 1 N–H and O–H groups in total. The minimum Gasteiger partial charge on any atom is -0.477 e. The van der Waals surface area contributed by atoms with Gasteiger partial charge in [-0.25, -0.2) is 0 Å². The highest BCUT2D eigenvalue weighted by Gasteiger charge is 2.73. The number of piperidine rings is 1. The second kappa shape index (κ2) is 5.01. The van der Waals surface area contributed by atoms with Crippen LogP contribution in [0.2, 0.25) is 0 Å². The van der Waals surface area contributed by atoms with Crippen LogP contribution < -0.4 is 9.26 Å². The quantitative estimate of drug-likeness (QED) is 0.822. The van der Waals surface area contributed by atoms with Crippen molar-refractivity contribution >= 4 is 15.2 Å². The Morgan fingerprint density at radius 3 is 2.96 bits per heavy atom. The number of hydrogen-bond donors (Lipinski definition) is 1. The van der Waals surface area contributed by atoms with Crippen molar-refractivity contribution in [2.24, 2.45) is 5.92 Å². The fourth-order valence-electron chi connectivity index (χ4n) is 6.35. The van der Waals surface area contributed by atoms with Gasteiger partial charge in [0.1, 0.15) is 0 Å². The van der Waals surface area contributed by atoms with E-state index >= 15 is 0 Å². The maximum atomic E-state index is 12.8. The topological polar surface area (TPSA) is 59.0 Å². The van der Waals surface area contributed by atoms with Crippen molar-refractivity contribution in [2.75, 3.05) is 13.1 Å². The summed E-state index contributed by atoms with van der Waals surface area (Å²) in [5, 5.41) is 12.1. The standard InChI is InChI=1S/C20H24NO4P/c22-13-5-6-20(23)15-9-12-3-4-14(25-26)17-16(12)19(20,18(13)24-17)7-8-21(15)10-11-1-2-11/h3-4,11,15,18,23H,1-2,5-10,26H2/t15-,18+,19+,20-/m1/s1. The van der Waals surface area contributed by atoms with Gasteiger partial charge in [-0.05, 0) is 56.2 Å². The maximum Gasteiger partial charge on any atom is 0.174 e. The SMILES string of the molecule is O=C1CC[C@@]2(O)[C@H]3Cc4ccc(OP)c5c4[C@@]2(CCN3CC2CC2)[C@H]1O5. The molecule has 2 aliphatic heterocycles. The molecular formula is C20H24NO4P. The van der Waals surface area contributed by atoms with E-state index in [9.17, 15) is 9.90 Å². The summed E-state index contributed by atoms with van der Waals surface area (Å²) in [4.78, 5) is 15.3. The van der Waals surface area contributed by atoms with Gasteiger partial charge in [0.05, 0.1) is 20.5 Å². The summed E-state index contributed by atoms with van der Waals surface area (Å²) in [5.41, 5.74) is 0.782. The third-order valence-corrected chi connectivity index (χ3v) is 7.92. The number of rotatable bonds is 3. The van der Waals surface area contributed by atoms with E-state index in [1.54, 1.807) is 0 Å². The smallest absolute Gasteiger partial charge is 0.174 e. The predicted octanol–water partition coefficient (Wildman–Crippen LogP) is 1.99. The first-order valence-electron chi connectivity index (χ1n) is 9.77. The number of benzene rings is 1. The molecule has 1 saturated heterocycles. The first kappa shape index (κ1) is 15.9. The molecule has 6 rings (SSSR count). The maximum absolute atomic E-state index is 12.8. The van der Waals surface area contributed by atoms with Gasteiger partial charge in [0.25, 0.3) is 0 Å². The number of hydrogen-bond acceptors (Lipinski definition) is 5. The van der Waals surface area contributed by atoms with Crippen molar-refractivity contribution in [1.29, 1.82) is 0 Å². The number of Topliss-reactive ketones (excluding diaryl/α,β-unsaturated/α-hetero) is 1. The molecule has 5 nitrogen and oxygen atoms in total. The van der Waals surface area contributed by atoms with E-state index in [0.29, 0.717) is 24.3 Å². The molecule has 2 saturated carbocycles. The predicted molar refractivity (Wildman–Crippen MR) is 98.5 cm³/mol. The molecule has 138 valence electrons. The molecule has 0 amide bonds. The van der Waals surface area contributed by atoms with Crippen LogP contribution in [0.25, 0.3) is 0 Å². The number of aliphatic hydroxyl groups is 1. The van der Waals surface area contributed by atoms with E-state index < -0.39 is 17.1 Å². The molecule has 2 heterocycles. The summed E-state index contributed by atoms with van der Waals surface area (Å²) in [5.74, 6) is 2.25. The third-order valence-electron chi connectivity index (χ3n) is 7.67. The minimum absolute atomic E-state index is 0.0808. The van der Waals surface area contributed by atoms with Gasteiger partial charge in [-0.3, -0.25) is 9.69 Å². The zero-order valence-electron chi connectivity index (χ0n) is 14.7. The third kappa shape index (κ3) is 1.71. The van der Waals surface area contributed by atoms with E-state index in [2.05, 4.69) is 20.4 Å². The zero-order valence-corrected chi connectivity index (χ0v) is 15.9. The Kier molecular flexibility index (Phi) is 3.05. The van der Waals surface area contributed by atoms with Crippen molar-refractivity contribution in [3.63, 3.8) is 0 Å². The lowest BCUT2D eigenvalue weighted by molar-refractivity contribution is -0.188. The summed E-state index contributed by atoms with van der Waals surface area (Å²) in [6.45, 7) is 2.01. The molecule has 3 fully saturated rings. The molecule has 3 aliphatic carbocycles. The van der Waals surface area contributed by atoms with Crippen LogP contribution in [-0.4, -0.2) is 46.6 Å². The van der Waals surface area contributed by atoms with Crippen molar-refractivity contribution < 1.29 is 19.2 Å². The van der Waals surface area contributed by atoms with Gasteiger partial charge in [0.15, 0.2) is 23.4 Å². The van der Waals surface area contributed by atoms with Crippen LogP contribution in [0.1, 0.15) is 43.2 Å². The lowest BCUT2D eigenvalue weighted by Crippen LogP contribution is -2.76. The molecular weight excluding hydrogens is 349 g/mol. The van der Waals surface area contributed by atoms with Crippen molar-refractivity contribution in [3.8, 4) is 11.5 Å². The van der Waals surface area contributed by atoms with Gasteiger partial charge in [-0.1, -0.05) is 6.07 Å². The van der Waals surface area contributed by atoms with Crippen molar-refractivity contribution in [2.45, 2.75) is 61.7 Å². The van der Waals surface area contributed by atoms with Crippen LogP contribution in [0.4, 0.5) is 0 Å². The molecule has 2 bridgehead atoms. The lowest BCUT2D eigenvalue weighted by Gasteiger charge is -2.62. The van der Waals surface area contributed by atoms with Crippen LogP contribution in [0, 0.1) is 5.92 Å². The lowest BCUT2D eigenvalue weighted by atomic mass is 9.49. The summed E-state index contributed by atoms with van der Waals surface area (Å²) >= 11 is 0. The average molecular weight is 373 g/mol. The van der Waals surface area contributed by atoms with Crippen LogP contribution in [0.15, 0.2) is 12.1 Å². The van der Waals surface area contributed by atoms with Gasteiger partial charge >= 0.3 is 0 Å². The largest absolute Gasteiger partial charge is 0.477 e. The number of likely N-dealkylation sites (tertiary alicyclic amines) is 1. The molecule has 0 radical (unpaired) electrons. The first-order chi connectivity index (χ1) is 12.6. The van der Waals surface area contributed by atoms with Crippen LogP contribution >= 0.6 is 9.47 Å². The van der Waals surface area contributed by atoms with E-state index in [1.807, 2.05) is 6.07 Å². The zero-order chi connectivity index (χ0) is 17.7. The average Bonchev–Trinajstić information content (AvgIpc) is 3.37. The number of carbonyl (C=O) groups is 1.